The lowest BCUT2D eigenvalue weighted by Gasteiger charge is -2.18. The third-order valence-corrected chi connectivity index (χ3v) is 1.37. The van der Waals surface area contributed by atoms with E-state index in [-0.39, 0.29) is 5.56 Å². The number of carbonyl (C=O) groups excluding carboxylic acids is 2. The molecule has 0 atom stereocenters. The Bertz CT molecular complexity index is 351. The van der Waals surface area contributed by atoms with E-state index in [9.17, 15) is 9.59 Å². The highest BCUT2D eigenvalue weighted by atomic mass is 16.6. The predicted octanol–water partition coefficient (Wildman–Crippen LogP) is 1.07. The number of ether oxygens (including phenoxy) is 1. The molecule has 82 valence electrons. The molecule has 15 heavy (non-hydrogen) atoms. The molecule has 2 amide bonds. The lowest BCUT2D eigenvalue weighted by molar-refractivity contribution is 0.0508. The van der Waals surface area contributed by atoms with Crippen molar-refractivity contribution in [2.75, 3.05) is 0 Å². The quantitative estimate of drug-likeness (QED) is 0.727. The van der Waals surface area contributed by atoms with Crippen LogP contribution in [0.1, 0.15) is 31.1 Å². The number of H-pyrrole nitrogens is 1. The van der Waals surface area contributed by atoms with Crippen molar-refractivity contribution in [2.45, 2.75) is 26.4 Å². The highest BCUT2D eigenvalue weighted by molar-refractivity contribution is 6.02. The van der Waals surface area contributed by atoms with Crippen LogP contribution in [0.15, 0.2) is 12.4 Å². The molecule has 1 rings (SSSR count). The van der Waals surface area contributed by atoms with Crippen molar-refractivity contribution < 1.29 is 14.3 Å². The fraction of sp³-hybridized carbons (Fsp3) is 0.444. The summed E-state index contributed by atoms with van der Waals surface area (Å²) in [5.74, 6) is -0.544. The zero-order valence-electron chi connectivity index (χ0n) is 8.83. The Morgan fingerprint density at radius 2 is 2.13 bits per heavy atom. The Hall–Kier alpha value is -1.85. The van der Waals surface area contributed by atoms with Gasteiger partial charge in [-0.15, -0.1) is 0 Å². The maximum atomic E-state index is 11.3. The average Bonchev–Trinajstić information content (AvgIpc) is 2.50. The zero-order chi connectivity index (χ0) is 11.5. The molecule has 0 radical (unpaired) electrons. The number of rotatable bonds is 1. The van der Waals surface area contributed by atoms with Gasteiger partial charge in [0.05, 0.1) is 11.8 Å². The van der Waals surface area contributed by atoms with E-state index in [0.29, 0.717) is 0 Å². The van der Waals surface area contributed by atoms with Crippen LogP contribution in [-0.4, -0.2) is 27.8 Å². The number of hydrogen-bond acceptors (Lipinski definition) is 4. The molecule has 1 heterocycles. The summed E-state index contributed by atoms with van der Waals surface area (Å²) in [4.78, 5) is 22.5. The summed E-state index contributed by atoms with van der Waals surface area (Å²) in [6.45, 7) is 5.15. The number of nitrogens with one attached hydrogen (secondary N) is 2. The second-order valence-electron chi connectivity index (χ2n) is 3.94. The molecule has 0 spiro atoms. The molecule has 0 bridgehead atoms. The fourth-order valence-electron chi connectivity index (χ4n) is 0.844. The smallest absolute Gasteiger partial charge is 0.414 e. The Balaban J connectivity index is 2.50. The molecular formula is C9H13N3O3. The summed E-state index contributed by atoms with van der Waals surface area (Å²) < 4.78 is 4.90. The number of carbonyl (C=O) groups is 2. The minimum absolute atomic E-state index is 0.279. The Labute approximate surface area is 87.0 Å². The molecule has 0 aromatic carbocycles. The minimum Gasteiger partial charge on any atom is -0.444 e. The van der Waals surface area contributed by atoms with Gasteiger partial charge in [0, 0.05) is 6.20 Å². The number of aromatic amines is 1. The van der Waals surface area contributed by atoms with Crippen LogP contribution < -0.4 is 5.32 Å². The maximum absolute atomic E-state index is 11.3. The minimum atomic E-state index is -0.770. The van der Waals surface area contributed by atoms with Gasteiger partial charge in [0.1, 0.15) is 5.60 Å². The molecule has 0 unspecified atom stereocenters. The molecule has 6 heteroatoms. The molecule has 0 saturated carbocycles. The van der Waals surface area contributed by atoms with Gasteiger partial charge in [-0.05, 0) is 20.8 Å². The van der Waals surface area contributed by atoms with Crippen LogP contribution in [0.5, 0.6) is 0 Å². The number of amides is 2. The Kier molecular flexibility index (Phi) is 3.08. The third kappa shape index (κ3) is 3.80. The summed E-state index contributed by atoms with van der Waals surface area (Å²) >= 11 is 0. The van der Waals surface area contributed by atoms with E-state index in [4.69, 9.17) is 4.74 Å². The van der Waals surface area contributed by atoms with Gasteiger partial charge in [0.25, 0.3) is 5.91 Å². The highest BCUT2D eigenvalue weighted by Crippen LogP contribution is 2.06. The molecule has 0 saturated heterocycles. The van der Waals surface area contributed by atoms with E-state index < -0.39 is 17.6 Å². The molecular weight excluding hydrogens is 198 g/mol. The van der Waals surface area contributed by atoms with E-state index >= 15 is 0 Å². The van der Waals surface area contributed by atoms with Gasteiger partial charge in [-0.1, -0.05) is 0 Å². The van der Waals surface area contributed by atoms with Gasteiger partial charge in [-0.2, -0.15) is 5.10 Å². The van der Waals surface area contributed by atoms with Crippen LogP contribution in [0.2, 0.25) is 0 Å². The second kappa shape index (κ2) is 4.12. The fourth-order valence-corrected chi connectivity index (χ4v) is 0.844. The van der Waals surface area contributed by atoms with Gasteiger partial charge >= 0.3 is 6.09 Å². The topological polar surface area (TPSA) is 84.1 Å². The molecule has 0 aliphatic rings. The van der Waals surface area contributed by atoms with Crippen molar-refractivity contribution in [1.29, 1.82) is 0 Å². The van der Waals surface area contributed by atoms with Crippen molar-refractivity contribution in [1.82, 2.24) is 15.5 Å². The third-order valence-electron chi connectivity index (χ3n) is 1.37. The normalized spacial score (nSPS) is 10.9. The summed E-state index contributed by atoms with van der Waals surface area (Å²) in [7, 11) is 0. The number of aromatic nitrogens is 2. The van der Waals surface area contributed by atoms with Crippen LogP contribution >= 0.6 is 0 Å². The molecule has 0 fully saturated rings. The zero-order valence-corrected chi connectivity index (χ0v) is 8.83. The largest absolute Gasteiger partial charge is 0.444 e. The average molecular weight is 211 g/mol. The highest BCUT2D eigenvalue weighted by Gasteiger charge is 2.18. The van der Waals surface area contributed by atoms with Crippen molar-refractivity contribution in [3.63, 3.8) is 0 Å². The molecule has 0 aliphatic carbocycles. The molecule has 2 N–H and O–H groups in total. The van der Waals surface area contributed by atoms with E-state index in [1.165, 1.54) is 12.4 Å². The first-order chi connectivity index (χ1) is 6.88. The Morgan fingerprint density at radius 3 is 2.60 bits per heavy atom. The van der Waals surface area contributed by atoms with E-state index in [1.807, 2.05) is 0 Å². The van der Waals surface area contributed by atoms with Crippen LogP contribution in [0.3, 0.4) is 0 Å². The van der Waals surface area contributed by atoms with Crippen molar-refractivity contribution >= 4 is 12.0 Å². The predicted molar refractivity (Wildman–Crippen MR) is 52.3 cm³/mol. The van der Waals surface area contributed by atoms with Crippen LogP contribution in [0.25, 0.3) is 0 Å². The lowest BCUT2D eigenvalue weighted by Crippen LogP contribution is -2.36. The molecule has 6 nitrogen and oxygen atoms in total. The Morgan fingerprint density at radius 1 is 1.47 bits per heavy atom. The van der Waals surface area contributed by atoms with Crippen molar-refractivity contribution in [3.8, 4) is 0 Å². The summed E-state index contributed by atoms with van der Waals surface area (Å²) in [6, 6.07) is 0. The summed E-state index contributed by atoms with van der Waals surface area (Å²) in [5, 5.41) is 8.14. The lowest BCUT2D eigenvalue weighted by atomic mass is 10.2. The second-order valence-corrected chi connectivity index (χ2v) is 3.94. The van der Waals surface area contributed by atoms with Gasteiger partial charge in [0.15, 0.2) is 0 Å². The van der Waals surface area contributed by atoms with Crippen molar-refractivity contribution in [2.24, 2.45) is 0 Å². The van der Waals surface area contributed by atoms with Crippen LogP contribution in [0, 0.1) is 0 Å². The summed E-state index contributed by atoms with van der Waals surface area (Å²) in [6.07, 6.45) is 1.94. The maximum Gasteiger partial charge on any atom is 0.414 e. The number of nitrogens with zero attached hydrogens (tertiary/aromatic N) is 1. The van der Waals surface area contributed by atoms with E-state index in [1.54, 1.807) is 20.8 Å². The molecule has 0 aliphatic heterocycles. The number of alkyl carbamates (subject to hydrolysis) is 1. The SMILES string of the molecule is CC(C)(C)OC(=O)NC(=O)c1cn[nH]c1. The van der Waals surface area contributed by atoms with Gasteiger partial charge < -0.3 is 4.74 Å². The van der Waals surface area contributed by atoms with Crippen LogP contribution in [0.4, 0.5) is 4.79 Å². The van der Waals surface area contributed by atoms with Gasteiger partial charge in [0.2, 0.25) is 0 Å². The first-order valence-corrected chi connectivity index (χ1v) is 4.41. The first kappa shape index (κ1) is 11.2. The monoisotopic (exact) mass is 211 g/mol. The van der Waals surface area contributed by atoms with E-state index in [2.05, 4.69) is 15.5 Å². The van der Waals surface area contributed by atoms with E-state index in [0.717, 1.165) is 0 Å². The summed E-state index contributed by atoms with van der Waals surface area (Å²) in [5.41, 5.74) is -0.346. The van der Waals surface area contributed by atoms with Crippen molar-refractivity contribution in [3.05, 3.63) is 18.0 Å². The number of imide groups is 1. The standard InChI is InChI=1S/C9H13N3O3/c1-9(2,3)15-8(14)12-7(13)6-4-10-11-5-6/h4-5H,1-3H3,(H,10,11)(H,12,13,14). The molecule has 1 aromatic rings. The van der Waals surface area contributed by atoms with Gasteiger partial charge in [-0.25, -0.2) is 4.79 Å². The molecule has 1 aromatic heterocycles. The van der Waals surface area contributed by atoms with Crippen LogP contribution in [-0.2, 0) is 4.74 Å². The van der Waals surface area contributed by atoms with Gasteiger partial charge in [-0.3, -0.25) is 15.2 Å². The number of hydrogen-bond donors (Lipinski definition) is 2. The first-order valence-electron chi connectivity index (χ1n) is 4.41.